The third-order valence-electron chi connectivity index (χ3n) is 3.68. The summed E-state index contributed by atoms with van der Waals surface area (Å²) in [5, 5.41) is 15.3. The maximum atomic E-state index is 10.7. The third kappa shape index (κ3) is 3.49. The van der Waals surface area contributed by atoms with Gasteiger partial charge in [-0.1, -0.05) is 35.0 Å². The van der Waals surface area contributed by atoms with Crippen LogP contribution in [0, 0.1) is 0 Å². The molecular formula is C16H21BrN2O. The van der Waals surface area contributed by atoms with Crippen LogP contribution in [0.5, 0.6) is 0 Å². The molecule has 0 amide bonds. The zero-order valence-electron chi connectivity index (χ0n) is 12.2. The summed E-state index contributed by atoms with van der Waals surface area (Å²) in [5.41, 5.74) is 0.888. The van der Waals surface area contributed by atoms with E-state index in [0.29, 0.717) is 12.5 Å². The first-order valence-corrected chi connectivity index (χ1v) is 7.74. The SMILES string of the molecule is CCC(C)n1ccc(CC(C)(O)c2cccc(Br)c2)n1. The largest absolute Gasteiger partial charge is 0.385 e. The second-order valence-electron chi connectivity index (χ2n) is 5.51. The monoisotopic (exact) mass is 336 g/mol. The predicted octanol–water partition coefficient (Wildman–Crippen LogP) is 4.07. The Morgan fingerprint density at radius 2 is 2.15 bits per heavy atom. The second kappa shape index (κ2) is 6.10. The maximum absolute atomic E-state index is 10.7. The van der Waals surface area contributed by atoms with Crippen molar-refractivity contribution in [3.8, 4) is 0 Å². The highest BCUT2D eigenvalue weighted by molar-refractivity contribution is 9.10. The Bertz CT molecular complexity index is 577. The van der Waals surface area contributed by atoms with Gasteiger partial charge in [0.05, 0.1) is 11.3 Å². The number of nitrogens with zero attached hydrogens (tertiary/aromatic N) is 2. The van der Waals surface area contributed by atoms with E-state index in [2.05, 4.69) is 34.9 Å². The van der Waals surface area contributed by atoms with E-state index >= 15 is 0 Å². The smallest absolute Gasteiger partial charge is 0.0924 e. The highest BCUT2D eigenvalue weighted by atomic mass is 79.9. The molecule has 4 heteroatoms. The summed E-state index contributed by atoms with van der Waals surface area (Å²) in [4.78, 5) is 0. The van der Waals surface area contributed by atoms with Crippen LogP contribution in [0.2, 0.25) is 0 Å². The van der Waals surface area contributed by atoms with Crippen LogP contribution in [-0.2, 0) is 12.0 Å². The molecule has 0 aliphatic rings. The van der Waals surface area contributed by atoms with Gasteiger partial charge in [-0.05, 0) is 44.0 Å². The van der Waals surface area contributed by atoms with E-state index in [4.69, 9.17) is 0 Å². The van der Waals surface area contributed by atoms with Crippen molar-refractivity contribution in [3.63, 3.8) is 0 Å². The Labute approximate surface area is 128 Å². The maximum Gasteiger partial charge on any atom is 0.0924 e. The summed E-state index contributed by atoms with van der Waals surface area (Å²) in [6, 6.07) is 10.2. The third-order valence-corrected chi connectivity index (χ3v) is 4.17. The first-order valence-electron chi connectivity index (χ1n) is 6.95. The van der Waals surface area contributed by atoms with E-state index in [-0.39, 0.29) is 0 Å². The van der Waals surface area contributed by atoms with Gasteiger partial charge < -0.3 is 5.11 Å². The van der Waals surface area contributed by atoms with Gasteiger partial charge in [0.1, 0.15) is 0 Å². The molecule has 0 bridgehead atoms. The lowest BCUT2D eigenvalue weighted by Crippen LogP contribution is -2.24. The molecule has 20 heavy (non-hydrogen) atoms. The fourth-order valence-electron chi connectivity index (χ4n) is 2.18. The highest BCUT2D eigenvalue weighted by Crippen LogP contribution is 2.27. The van der Waals surface area contributed by atoms with Gasteiger partial charge in [0, 0.05) is 23.1 Å². The highest BCUT2D eigenvalue weighted by Gasteiger charge is 2.25. The molecule has 0 radical (unpaired) electrons. The number of aromatic nitrogens is 2. The Balaban J connectivity index is 2.17. The second-order valence-corrected chi connectivity index (χ2v) is 6.42. The van der Waals surface area contributed by atoms with Crippen molar-refractivity contribution in [1.82, 2.24) is 9.78 Å². The van der Waals surface area contributed by atoms with E-state index < -0.39 is 5.60 Å². The number of hydrogen-bond donors (Lipinski definition) is 1. The zero-order chi connectivity index (χ0) is 14.8. The van der Waals surface area contributed by atoms with Crippen molar-refractivity contribution >= 4 is 15.9 Å². The summed E-state index contributed by atoms with van der Waals surface area (Å²) < 4.78 is 2.94. The van der Waals surface area contributed by atoms with Crippen LogP contribution >= 0.6 is 15.9 Å². The lowest BCUT2D eigenvalue weighted by Gasteiger charge is -2.23. The quantitative estimate of drug-likeness (QED) is 0.893. The minimum Gasteiger partial charge on any atom is -0.385 e. The van der Waals surface area contributed by atoms with Crippen LogP contribution in [0.15, 0.2) is 41.0 Å². The van der Waals surface area contributed by atoms with Crippen LogP contribution in [0.3, 0.4) is 0 Å². The van der Waals surface area contributed by atoms with Crippen molar-refractivity contribution in [2.45, 2.75) is 45.3 Å². The van der Waals surface area contributed by atoms with Gasteiger partial charge in [-0.15, -0.1) is 0 Å². The molecule has 2 atom stereocenters. The molecule has 2 rings (SSSR count). The van der Waals surface area contributed by atoms with Crippen LogP contribution < -0.4 is 0 Å². The average molecular weight is 337 g/mol. The molecule has 0 spiro atoms. The zero-order valence-corrected chi connectivity index (χ0v) is 13.8. The lowest BCUT2D eigenvalue weighted by atomic mass is 9.91. The number of rotatable bonds is 5. The van der Waals surface area contributed by atoms with Gasteiger partial charge >= 0.3 is 0 Å². The number of halogens is 1. The summed E-state index contributed by atoms with van der Waals surface area (Å²) in [5.74, 6) is 0. The predicted molar refractivity (Wildman–Crippen MR) is 84.6 cm³/mol. The van der Waals surface area contributed by atoms with E-state index in [0.717, 1.165) is 22.2 Å². The van der Waals surface area contributed by atoms with Gasteiger partial charge in [0.15, 0.2) is 0 Å². The molecule has 0 aliphatic heterocycles. The Morgan fingerprint density at radius 3 is 2.80 bits per heavy atom. The van der Waals surface area contributed by atoms with Crippen molar-refractivity contribution in [1.29, 1.82) is 0 Å². The summed E-state index contributed by atoms with van der Waals surface area (Å²) in [6.45, 7) is 6.12. The normalized spacial score (nSPS) is 15.8. The summed E-state index contributed by atoms with van der Waals surface area (Å²) in [6.07, 6.45) is 3.54. The fraction of sp³-hybridized carbons (Fsp3) is 0.438. The number of hydrogen-bond acceptors (Lipinski definition) is 2. The molecule has 3 nitrogen and oxygen atoms in total. The van der Waals surface area contributed by atoms with Gasteiger partial charge in [-0.25, -0.2) is 0 Å². The van der Waals surface area contributed by atoms with Crippen LogP contribution in [0.25, 0.3) is 0 Å². The van der Waals surface area contributed by atoms with Gasteiger partial charge in [-0.2, -0.15) is 5.10 Å². The van der Waals surface area contributed by atoms with E-state index in [1.807, 2.05) is 48.1 Å². The van der Waals surface area contributed by atoms with Gasteiger partial charge in [-0.3, -0.25) is 4.68 Å². The standard InChI is InChI=1S/C16H21BrN2O/c1-4-12(2)19-9-8-15(18-19)11-16(3,20)13-6-5-7-14(17)10-13/h5-10,12,20H,4,11H2,1-3H3. The van der Waals surface area contributed by atoms with Crippen LogP contribution in [0.4, 0.5) is 0 Å². The van der Waals surface area contributed by atoms with Crippen LogP contribution in [-0.4, -0.2) is 14.9 Å². The van der Waals surface area contributed by atoms with Crippen molar-refractivity contribution in [3.05, 3.63) is 52.3 Å². The van der Waals surface area contributed by atoms with Crippen LogP contribution in [0.1, 0.15) is 44.5 Å². The van der Waals surface area contributed by atoms with E-state index in [1.54, 1.807) is 0 Å². The Morgan fingerprint density at radius 1 is 1.40 bits per heavy atom. The molecule has 1 heterocycles. The van der Waals surface area contributed by atoms with Crippen molar-refractivity contribution in [2.24, 2.45) is 0 Å². The Hall–Kier alpha value is -1.13. The molecule has 2 unspecified atom stereocenters. The molecule has 0 saturated heterocycles. The molecule has 1 N–H and O–H groups in total. The molecule has 0 fully saturated rings. The lowest BCUT2D eigenvalue weighted by molar-refractivity contribution is 0.0563. The first kappa shape index (κ1) is 15.3. The molecule has 1 aromatic carbocycles. The summed E-state index contributed by atoms with van der Waals surface area (Å²) >= 11 is 3.44. The molecular weight excluding hydrogens is 316 g/mol. The van der Waals surface area contributed by atoms with Gasteiger partial charge in [0.25, 0.3) is 0 Å². The Kier molecular flexibility index (Phi) is 4.66. The summed E-state index contributed by atoms with van der Waals surface area (Å²) in [7, 11) is 0. The molecule has 0 saturated carbocycles. The van der Waals surface area contributed by atoms with E-state index in [1.165, 1.54) is 0 Å². The minimum absolute atomic E-state index is 0.388. The fourth-order valence-corrected chi connectivity index (χ4v) is 2.58. The molecule has 1 aromatic heterocycles. The minimum atomic E-state index is -0.918. The molecule has 2 aromatic rings. The first-order chi connectivity index (χ1) is 9.42. The topological polar surface area (TPSA) is 38.0 Å². The van der Waals surface area contributed by atoms with Gasteiger partial charge in [0.2, 0.25) is 0 Å². The van der Waals surface area contributed by atoms with Crippen molar-refractivity contribution in [2.75, 3.05) is 0 Å². The molecule has 108 valence electrons. The van der Waals surface area contributed by atoms with E-state index in [9.17, 15) is 5.11 Å². The van der Waals surface area contributed by atoms with Crippen molar-refractivity contribution < 1.29 is 5.11 Å². The average Bonchev–Trinajstić information content (AvgIpc) is 2.85. The number of aliphatic hydroxyl groups is 1. The molecule has 0 aliphatic carbocycles. The number of benzene rings is 1.